The molecule has 3 aromatic rings. The van der Waals surface area contributed by atoms with E-state index in [9.17, 15) is 9.59 Å². The molecule has 0 bridgehead atoms. The molecule has 7 nitrogen and oxygen atoms in total. The van der Waals surface area contributed by atoms with Gasteiger partial charge in [-0.3, -0.25) is 9.59 Å². The second-order valence-corrected chi connectivity index (χ2v) is 7.35. The van der Waals surface area contributed by atoms with Crippen molar-refractivity contribution in [2.45, 2.75) is 24.9 Å². The van der Waals surface area contributed by atoms with Gasteiger partial charge in [0.1, 0.15) is 11.3 Å². The van der Waals surface area contributed by atoms with Gasteiger partial charge in [-0.05, 0) is 36.4 Å². The van der Waals surface area contributed by atoms with Crippen molar-refractivity contribution in [1.29, 1.82) is 0 Å². The highest BCUT2D eigenvalue weighted by molar-refractivity contribution is 7.08. The monoisotopic (exact) mass is 384 g/mol. The van der Waals surface area contributed by atoms with Crippen LogP contribution >= 0.6 is 11.3 Å². The van der Waals surface area contributed by atoms with Crippen LogP contribution in [0.2, 0.25) is 0 Å². The molecule has 0 radical (unpaired) electrons. The largest absolute Gasteiger partial charge is 0.467 e. The average molecular weight is 384 g/mol. The summed E-state index contributed by atoms with van der Waals surface area (Å²) in [5.41, 5.74) is -0.0495. The molecule has 1 N–H and O–H groups in total. The van der Waals surface area contributed by atoms with Crippen molar-refractivity contribution >= 4 is 23.2 Å². The Bertz CT molecular complexity index is 880. The number of amides is 2. The maximum atomic E-state index is 13.1. The molecular weight excluding hydrogens is 364 g/mol. The summed E-state index contributed by atoms with van der Waals surface area (Å²) in [6.07, 6.45) is 7.80. The molecule has 0 aromatic carbocycles. The van der Waals surface area contributed by atoms with Gasteiger partial charge in [0.2, 0.25) is 5.91 Å². The molecule has 0 spiro atoms. The Morgan fingerprint density at radius 1 is 1.30 bits per heavy atom. The number of nitrogens with zero attached hydrogens (tertiary/aromatic N) is 3. The summed E-state index contributed by atoms with van der Waals surface area (Å²) >= 11 is 1.51. The first-order valence-corrected chi connectivity index (χ1v) is 9.74. The van der Waals surface area contributed by atoms with E-state index in [2.05, 4.69) is 10.3 Å². The number of nitrogens with one attached hydrogen (secondary N) is 1. The fourth-order valence-corrected chi connectivity index (χ4v) is 4.14. The minimum Gasteiger partial charge on any atom is -0.467 e. The van der Waals surface area contributed by atoms with E-state index in [0.29, 0.717) is 43.8 Å². The van der Waals surface area contributed by atoms with Gasteiger partial charge < -0.3 is 19.2 Å². The standard InChI is InChI=1S/C19H20N4O3S/c24-17(15-3-11-27-13-15)22-7-4-19(5-8-22,23-9-6-20-14-23)18(25)21-12-16-2-1-10-26-16/h1-3,6,9-11,13-14H,4-5,7-8,12H2,(H,21,25). The summed E-state index contributed by atoms with van der Waals surface area (Å²) in [5.74, 6) is 0.639. The van der Waals surface area contributed by atoms with Gasteiger partial charge in [-0.1, -0.05) is 0 Å². The minimum atomic E-state index is -0.755. The van der Waals surface area contributed by atoms with Crippen LogP contribution in [0.15, 0.2) is 58.4 Å². The molecule has 8 heteroatoms. The molecule has 27 heavy (non-hydrogen) atoms. The van der Waals surface area contributed by atoms with Crippen molar-refractivity contribution in [1.82, 2.24) is 19.8 Å². The Morgan fingerprint density at radius 2 is 2.15 bits per heavy atom. The zero-order valence-electron chi connectivity index (χ0n) is 14.7. The number of likely N-dealkylation sites (tertiary alicyclic amines) is 1. The highest BCUT2D eigenvalue weighted by Crippen LogP contribution is 2.31. The van der Waals surface area contributed by atoms with Crippen molar-refractivity contribution in [3.8, 4) is 0 Å². The van der Waals surface area contributed by atoms with Gasteiger partial charge >= 0.3 is 0 Å². The van der Waals surface area contributed by atoms with Crippen molar-refractivity contribution in [3.63, 3.8) is 0 Å². The van der Waals surface area contributed by atoms with Crippen LogP contribution in [0.3, 0.4) is 0 Å². The molecule has 140 valence electrons. The minimum absolute atomic E-state index is 0.0199. The predicted molar refractivity (Wildman–Crippen MR) is 100 cm³/mol. The van der Waals surface area contributed by atoms with Gasteiger partial charge in [0.15, 0.2) is 0 Å². The van der Waals surface area contributed by atoms with Crippen LogP contribution in [0, 0.1) is 0 Å². The number of piperidine rings is 1. The number of carbonyl (C=O) groups is 2. The maximum Gasteiger partial charge on any atom is 0.254 e. The van der Waals surface area contributed by atoms with Crippen LogP contribution < -0.4 is 5.32 Å². The highest BCUT2D eigenvalue weighted by Gasteiger charge is 2.43. The second-order valence-electron chi connectivity index (χ2n) is 6.57. The van der Waals surface area contributed by atoms with Gasteiger partial charge in [0, 0.05) is 30.9 Å². The Balaban J connectivity index is 1.49. The number of hydrogen-bond acceptors (Lipinski definition) is 5. The lowest BCUT2D eigenvalue weighted by Crippen LogP contribution is -2.55. The second kappa shape index (κ2) is 7.40. The fourth-order valence-electron chi connectivity index (χ4n) is 3.51. The number of hydrogen-bond donors (Lipinski definition) is 1. The molecule has 0 saturated carbocycles. The third-order valence-electron chi connectivity index (χ3n) is 5.07. The number of rotatable bonds is 5. The summed E-state index contributed by atoms with van der Waals surface area (Å²) in [6, 6.07) is 5.45. The number of thiophene rings is 1. The molecule has 4 heterocycles. The fraction of sp³-hybridized carbons (Fsp3) is 0.316. The molecule has 1 aliphatic heterocycles. The number of aromatic nitrogens is 2. The lowest BCUT2D eigenvalue weighted by Gasteiger charge is -2.41. The number of imidazole rings is 1. The maximum absolute atomic E-state index is 13.1. The smallest absolute Gasteiger partial charge is 0.254 e. The molecule has 1 aliphatic rings. The van der Waals surface area contributed by atoms with Gasteiger partial charge in [-0.25, -0.2) is 4.98 Å². The van der Waals surface area contributed by atoms with Crippen LogP contribution in [0.4, 0.5) is 0 Å². The molecule has 4 rings (SSSR count). The van der Waals surface area contributed by atoms with Crippen molar-refractivity contribution in [3.05, 3.63) is 65.3 Å². The van der Waals surface area contributed by atoms with E-state index in [0.717, 1.165) is 0 Å². The van der Waals surface area contributed by atoms with Gasteiger partial charge in [-0.15, -0.1) is 0 Å². The first-order chi connectivity index (χ1) is 13.2. The molecule has 0 atom stereocenters. The van der Waals surface area contributed by atoms with Gasteiger partial charge in [-0.2, -0.15) is 11.3 Å². The van der Waals surface area contributed by atoms with Crippen LogP contribution in [0.1, 0.15) is 29.0 Å². The van der Waals surface area contributed by atoms with E-state index < -0.39 is 5.54 Å². The zero-order valence-corrected chi connectivity index (χ0v) is 15.5. The first-order valence-electron chi connectivity index (χ1n) is 8.80. The van der Waals surface area contributed by atoms with Crippen LogP contribution in [0.25, 0.3) is 0 Å². The van der Waals surface area contributed by atoms with E-state index in [1.165, 1.54) is 11.3 Å². The average Bonchev–Trinajstić information content (AvgIpc) is 3.48. The summed E-state index contributed by atoms with van der Waals surface area (Å²) in [5, 5.41) is 6.73. The summed E-state index contributed by atoms with van der Waals surface area (Å²) < 4.78 is 7.16. The topological polar surface area (TPSA) is 80.4 Å². The van der Waals surface area contributed by atoms with Crippen molar-refractivity contribution < 1.29 is 14.0 Å². The van der Waals surface area contributed by atoms with Crippen LogP contribution in [0.5, 0.6) is 0 Å². The van der Waals surface area contributed by atoms with E-state index >= 15 is 0 Å². The quantitative estimate of drug-likeness (QED) is 0.733. The van der Waals surface area contributed by atoms with E-state index in [-0.39, 0.29) is 11.8 Å². The Morgan fingerprint density at radius 3 is 2.78 bits per heavy atom. The van der Waals surface area contributed by atoms with E-state index in [4.69, 9.17) is 4.42 Å². The lowest BCUT2D eigenvalue weighted by atomic mass is 9.85. The molecule has 1 saturated heterocycles. The van der Waals surface area contributed by atoms with Gasteiger partial charge in [0.25, 0.3) is 5.91 Å². The molecule has 0 unspecified atom stereocenters. The predicted octanol–water partition coefficient (Wildman–Crippen LogP) is 2.49. The highest BCUT2D eigenvalue weighted by atomic mass is 32.1. The molecule has 3 aromatic heterocycles. The van der Waals surface area contributed by atoms with Crippen molar-refractivity contribution in [2.75, 3.05) is 13.1 Å². The van der Waals surface area contributed by atoms with Gasteiger partial charge in [0.05, 0.1) is 24.7 Å². The van der Waals surface area contributed by atoms with Crippen LogP contribution in [-0.4, -0.2) is 39.4 Å². The summed E-state index contributed by atoms with van der Waals surface area (Å²) in [4.78, 5) is 31.7. The third-order valence-corrected chi connectivity index (χ3v) is 5.75. The number of carbonyl (C=O) groups excluding carboxylic acids is 2. The first kappa shape index (κ1) is 17.5. The normalized spacial score (nSPS) is 16.2. The van der Waals surface area contributed by atoms with E-state index in [1.807, 2.05) is 38.6 Å². The Kier molecular flexibility index (Phi) is 4.81. The SMILES string of the molecule is O=C(c1ccsc1)N1CCC(C(=O)NCc2ccco2)(n2ccnc2)CC1. The Hall–Kier alpha value is -2.87. The molecule has 2 amide bonds. The third kappa shape index (κ3) is 3.40. The van der Waals surface area contributed by atoms with E-state index in [1.54, 1.807) is 24.9 Å². The molecule has 0 aliphatic carbocycles. The Labute approximate surface area is 160 Å². The summed E-state index contributed by atoms with van der Waals surface area (Å²) in [6.45, 7) is 1.36. The van der Waals surface area contributed by atoms with Crippen LogP contribution in [-0.2, 0) is 16.9 Å². The summed E-state index contributed by atoms with van der Waals surface area (Å²) in [7, 11) is 0. The van der Waals surface area contributed by atoms with Crippen molar-refractivity contribution in [2.24, 2.45) is 0 Å². The molecular formula is C19H20N4O3S. The molecule has 1 fully saturated rings. The zero-order chi connectivity index (χ0) is 18.7. The lowest BCUT2D eigenvalue weighted by molar-refractivity contribution is -0.132. The number of furan rings is 1.